The fourth-order valence-electron chi connectivity index (χ4n) is 9.87. The van der Waals surface area contributed by atoms with Gasteiger partial charge in [-0.3, -0.25) is 0 Å². The number of rotatable bonds is 5. The average Bonchev–Trinajstić information content (AvgIpc) is 3.10. The first kappa shape index (κ1) is 26.6. The standard InChI is InChI=1S/C29H52.C3H8/c1-8-22-13-15-28(6)23(18-22)17-21(5)27-25-12-11-24(20(4)10-9-19(2)3)29(25,7)16-14-26(27)28;1-3-2/h19-27H,8-18H2,1-7H3;3H2,1-2H3. The van der Waals surface area contributed by atoms with Crippen molar-refractivity contribution in [2.45, 2.75) is 139 Å². The van der Waals surface area contributed by atoms with Crippen LogP contribution in [-0.4, -0.2) is 0 Å². The Balaban J connectivity index is 0.000000913. The van der Waals surface area contributed by atoms with Gasteiger partial charge in [-0.05, 0) is 115 Å². The maximum absolute atomic E-state index is 2.76. The van der Waals surface area contributed by atoms with Gasteiger partial charge in [0.15, 0.2) is 0 Å². The lowest BCUT2D eigenvalue weighted by Crippen LogP contribution is -2.56. The molecular formula is C32H60. The molecule has 10 unspecified atom stereocenters. The van der Waals surface area contributed by atoms with Gasteiger partial charge in [0.1, 0.15) is 0 Å². The van der Waals surface area contributed by atoms with E-state index >= 15 is 0 Å². The van der Waals surface area contributed by atoms with E-state index in [0.717, 1.165) is 53.3 Å². The normalized spacial score (nSPS) is 46.5. The van der Waals surface area contributed by atoms with Crippen molar-refractivity contribution in [1.82, 2.24) is 0 Å². The molecule has 0 aromatic carbocycles. The second kappa shape index (κ2) is 10.7. The molecule has 0 amide bonds. The largest absolute Gasteiger partial charge is 0.0656 e. The van der Waals surface area contributed by atoms with E-state index in [4.69, 9.17) is 0 Å². The molecule has 0 saturated heterocycles. The maximum atomic E-state index is 2.76. The van der Waals surface area contributed by atoms with Crippen LogP contribution in [0.15, 0.2) is 0 Å². The molecule has 4 rings (SSSR count). The molecule has 10 atom stereocenters. The van der Waals surface area contributed by atoms with Crippen LogP contribution in [0.25, 0.3) is 0 Å². The van der Waals surface area contributed by atoms with Gasteiger partial charge in [0.05, 0.1) is 0 Å². The molecule has 0 N–H and O–H groups in total. The third-order valence-electron chi connectivity index (χ3n) is 11.7. The number of hydrogen-bond donors (Lipinski definition) is 0. The molecule has 0 spiro atoms. The quantitative estimate of drug-likeness (QED) is 0.395. The minimum Gasteiger partial charge on any atom is -0.0656 e. The van der Waals surface area contributed by atoms with E-state index in [0.29, 0.717) is 10.8 Å². The highest BCUT2D eigenvalue weighted by molar-refractivity contribution is 5.11. The topological polar surface area (TPSA) is 0 Å². The molecule has 0 bridgehead atoms. The molecule has 0 aromatic heterocycles. The van der Waals surface area contributed by atoms with Crippen molar-refractivity contribution in [1.29, 1.82) is 0 Å². The van der Waals surface area contributed by atoms with Crippen molar-refractivity contribution in [3.63, 3.8) is 0 Å². The summed E-state index contributed by atoms with van der Waals surface area (Å²) in [6.07, 6.45) is 17.9. The van der Waals surface area contributed by atoms with Crippen molar-refractivity contribution in [3.8, 4) is 0 Å². The molecule has 32 heavy (non-hydrogen) atoms. The number of hydrogen-bond acceptors (Lipinski definition) is 0. The molecule has 0 aliphatic heterocycles. The zero-order chi connectivity index (χ0) is 23.7. The zero-order valence-electron chi connectivity index (χ0n) is 23.7. The van der Waals surface area contributed by atoms with Gasteiger partial charge < -0.3 is 0 Å². The Morgan fingerprint density at radius 3 is 2.03 bits per heavy atom. The van der Waals surface area contributed by atoms with Crippen molar-refractivity contribution in [2.75, 3.05) is 0 Å². The molecule has 0 heteroatoms. The predicted molar refractivity (Wildman–Crippen MR) is 143 cm³/mol. The Bertz CT molecular complexity index is 577. The summed E-state index contributed by atoms with van der Waals surface area (Å²) < 4.78 is 0. The van der Waals surface area contributed by atoms with Crippen molar-refractivity contribution in [3.05, 3.63) is 0 Å². The summed E-state index contributed by atoms with van der Waals surface area (Å²) in [6, 6.07) is 0. The van der Waals surface area contributed by atoms with Crippen LogP contribution in [0.3, 0.4) is 0 Å². The highest BCUT2D eigenvalue weighted by Gasteiger charge is 2.62. The Morgan fingerprint density at radius 1 is 0.781 bits per heavy atom. The first-order valence-corrected chi connectivity index (χ1v) is 15.1. The van der Waals surface area contributed by atoms with Crippen LogP contribution in [0.4, 0.5) is 0 Å². The summed E-state index contributed by atoms with van der Waals surface area (Å²) in [5.74, 6) is 8.95. The predicted octanol–water partition coefficient (Wildman–Crippen LogP) is 10.4. The lowest BCUT2D eigenvalue weighted by Gasteiger charge is -2.63. The van der Waals surface area contributed by atoms with Crippen LogP contribution in [-0.2, 0) is 0 Å². The molecule has 4 aliphatic carbocycles. The molecule has 0 aromatic rings. The lowest BCUT2D eigenvalue weighted by molar-refractivity contribution is -0.143. The minimum atomic E-state index is 0.648. The van der Waals surface area contributed by atoms with Gasteiger partial charge in [0, 0.05) is 0 Å². The second-order valence-electron chi connectivity index (χ2n) is 14.1. The molecule has 188 valence electrons. The summed E-state index contributed by atoms with van der Waals surface area (Å²) >= 11 is 0. The van der Waals surface area contributed by atoms with Gasteiger partial charge in [-0.15, -0.1) is 0 Å². The summed E-state index contributed by atoms with van der Waals surface area (Å²) in [6.45, 7) is 22.3. The van der Waals surface area contributed by atoms with E-state index in [1.165, 1.54) is 38.5 Å². The van der Waals surface area contributed by atoms with Gasteiger partial charge in [-0.2, -0.15) is 0 Å². The first-order chi connectivity index (χ1) is 15.1. The van der Waals surface area contributed by atoms with Gasteiger partial charge in [0.2, 0.25) is 0 Å². The molecule has 4 saturated carbocycles. The first-order valence-electron chi connectivity index (χ1n) is 15.1. The lowest BCUT2D eigenvalue weighted by atomic mass is 9.42. The molecule has 0 radical (unpaired) electrons. The van der Waals surface area contributed by atoms with E-state index < -0.39 is 0 Å². The smallest absolute Gasteiger partial charge is 0.0264 e. The summed E-state index contributed by atoms with van der Waals surface area (Å²) in [4.78, 5) is 0. The monoisotopic (exact) mass is 444 g/mol. The van der Waals surface area contributed by atoms with Crippen LogP contribution in [0, 0.1) is 64.1 Å². The Hall–Kier alpha value is 0. The summed E-state index contributed by atoms with van der Waals surface area (Å²) in [5, 5.41) is 0. The van der Waals surface area contributed by atoms with Crippen molar-refractivity contribution in [2.24, 2.45) is 64.1 Å². The third-order valence-corrected chi connectivity index (χ3v) is 11.7. The van der Waals surface area contributed by atoms with Gasteiger partial charge >= 0.3 is 0 Å². The molecule has 0 heterocycles. The van der Waals surface area contributed by atoms with E-state index in [1.54, 1.807) is 38.5 Å². The third kappa shape index (κ3) is 4.87. The molecule has 0 nitrogen and oxygen atoms in total. The van der Waals surface area contributed by atoms with Crippen LogP contribution in [0.2, 0.25) is 0 Å². The molecule has 4 fully saturated rings. The van der Waals surface area contributed by atoms with E-state index in [2.05, 4.69) is 62.3 Å². The SMILES string of the molecule is CCC.CCC1CCC2(C)C(C1)CC(C)C1C2CCC2(C)C(C(C)CCC(C)C)CCC12. The highest BCUT2D eigenvalue weighted by Crippen LogP contribution is 2.69. The Kier molecular flexibility index (Phi) is 8.92. The van der Waals surface area contributed by atoms with Gasteiger partial charge in [-0.1, -0.05) is 88.0 Å². The molecule has 4 aliphatic rings. The van der Waals surface area contributed by atoms with Crippen LogP contribution in [0.5, 0.6) is 0 Å². The van der Waals surface area contributed by atoms with Gasteiger partial charge in [0.25, 0.3) is 0 Å². The van der Waals surface area contributed by atoms with Crippen LogP contribution in [0.1, 0.15) is 139 Å². The average molecular weight is 445 g/mol. The van der Waals surface area contributed by atoms with Crippen molar-refractivity contribution >= 4 is 0 Å². The number of fused-ring (bicyclic) bond motifs is 5. The minimum absolute atomic E-state index is 0.648. The fraction of sp³-hybridized carbons (Fsp3) is 1.00. The second-order valence-corrected chi connectivity index (χ2v) is 14.1. The highest BCUT2D eigenvalue weighted by atomic mass is 14.7. The van der Waals surface area contributed by atoms with E-state index in [-0.39, 0.29) is 0 Å². The fourth-order valence-corrected chi connectivity index (χ4v) is 9.87. The Labute approximate surface area is 203 Å². The maximum Gasteiger partial charge on any atom is -0.0264 e. The van der Waals surface area contributed by atoms with Crippen molar-refractivity contribution < 1.29 is 0 Å². The summed E-state index contributed by atoms with van der Waals surface area (Å²) in [5.41, 5.74) is 1.32. The van der Waals surface area contributed by atoms with E-state index in [1.807, 2.05) is 0 Å². The van der Waals surface area contributed by atoms with Crippen LogP contribution >= 0.6 is 0 Å². The summed E-state index contributed by atoms with van der Waals surface area (Å²) in [7, 11) is 0. The van der Waals surface area contributed by atoms with E-state index in [9.17, 15) is 0 Å². The van der Waals surface area contributed by atoms with Crippen LogP contribution < -0.4 is 0 Å². The molecular weight excluding hydrogens is 384 g/mol. The zero-order valence-corrected chi connectivity index (χ0v) is 23.7. The Morgan fingerprint density at radius 2 is 1.41 bits per heavy atom. The van der Waals surface area contributed by atoms with Gasteiger partial charge in [-0.25, -0.2) is 0 Å².